The molecule has 0 aliphatic heterocycles. The van der Waals surface area contributed by atoms with Gasteiger partial charge in [0.25, 0.3) is 0 Å². The molecule has 1 saturated carbocycles. The Bertz CT molecular complexity index is 886. The molecule has 0 N–H and O–H groups in total. The lowest BCUT2D eigenvalue weighted by Gasteiger charge is -2.19. The van der Waals surface area contributed by atoms with E-state index in [4.69, 9.17) is 0 Å². The molecule has 1 aromatic carbocycles. The Kier molecular flexibility index (Phi) is 4.37. The maximum Gasteiger partial charge on any atom is 0.146 e. The molecule has 0 spiro atoms. The fourth-order valence-corrected chi connectivity index (χ4v) is 5.31. The maximum absolute atomic E-state index is 12.2. The van der Waals surface area contributed by atoms with Gasteiger partial charge in [0.2, 0.25) is 0 Å². The van der Waals surface area contributed by atoms with Gasteiger partial charge in [0.1, 0.15) is 22.0 Å². The molecule has 0 radical (unpaired) electrons. The number of hydrogen-bond donors (Lipinski definition) is 0. The van der Waals surface area contributed by atoms with Crippen molar-refractivity contribution in [2.75, 3.05) is 0 Å². The number of thiophene rings is 1. The highest BCUT2D eigenvalue weighted by molar-refractivity contribution is 8.00. The summed E-state index contributed by atoms with van der Waals surface area (Å²) >= 11 is 3.27. The van der Waals surface area contributed by atoms with Gasteiger partial charge in [-0.15, -0.1) is 11.3 Å². The Labute approximate surface area is 149 Å². The van der Waals surface area contributed by atoms with Crippen LogP contribution in [0.1, 0.15) is 31.2 Å². The summed E-state index contributed by atoms with van der Waals surface area (Å²) in [5.74, 6) is 0.366. The third-order valence-corrected chi connectivity index (χ3v) is 6.65. The molecule has 1 aliphatic carbocycles. The van der Waals surface area contributed by atoms with Crippen molar-refractivity contribution < 1.29 is 4.79 Å². The van der Waals surface area contributed by atoms with E-state index in [9.17, 15) is 4.79 Å². The number of nitrogens with zero attached hydrogens (tertiary/aromatic N) is 2. The van der Waals surface area contributed by atoms with Gasteiger partial charge in [-0.25, -0.2) is 9.97 Å². The lowest BCUT2D eigenvalue weighted by molar-refractivity contribution is -0.119. The molecule has 3 nitrogen and oxygen atoms in total. The number of thioether (sulfide) groups is 1. The van der Waals surface area contributed by atoms with Gasteiger partial charge in [0.05, 0.1) is 10.6 Å². The van der Waals surface area contributed by atoms with Gasteiger partial charge in [0.15, 0.2) is 0 Å². The lowest BCUT2D eigenvalue weighted by atomic mass is 9.99. The molecule has 0 amide bonds. The number of fused-ring (bicyclic) bond motifs is 1. The molecular weight excluding hydrogens is 336 g/mol. The van der Waals surface area contributed by atoms with E-state index in [0.29, 0.717) is 12.2 Å². The maximum atomic E-state index is 12.2. The average Bonchev–Trinajstić information content (AvgIpc) is 3.03. The number of aromatic nitrogens is 2. The second-order valence-electron chi connectivity index (χ2n) is 6.19. The minimum atomic E-state index is 0.0441. The Morgan fingerprint density at radius 3 is 2.79 bits per heavy atom. The molecule has 1 atom stereocenters. The summed E-state index contributed by atoms with van der Waals surface area (Å²) < 4.78 is 0. The van der Waals surface area contributed by atoms with Crippen LogP contribution in [0.3, 0.4) is 0 Å². The van der Waals surface area contributed by atoms with Crippen molar-refractivity contribution in [3.8, 4) is 11.1 Å². The molecule has 1 aliphatic rings. The smallest absolute Gasteiger partial charge is 0.146 e. The highest BCUT2D eigenvalue weighted by atomic mass is 32.2. The van der Waals surface area contributed by atoms with Crippen LogP contribution in [-0.4, -0.2) is 21.0 Å². The van der Waals surface area contributed by atoms with E-state index in [0.717, 1.165) is 34.5 Å². The van der Waals surface area contributed by atoms with Crippen LogP contribution in [0.25, 0.3) is 21.3 Å². The minimum Gasteiger partial charge on any atom is -0.298 e. The minimum absolute atomic E-state index is 0.0441. The van der Waals surface area contributed by atoms with Crippen LogP contribution in [0.5, 0.6) is 0 Å². The molecular formula is C19H18N2OS2. The number of Topliss-reactive ketones (excluding diaryl/α,β-unsaturated/α-hetero) is 1. The number of rotatable bonds is 3. The van der Waals surface area contributed by atoms with E-state index in [-0.39, 0.29) is 5.25 Å². The van der Waals surface area contributed by atoms with E-state index in [1.165, 1.54) is 16.7 Å². The molecule has 0 unspecified atom stereocenters. The summed E-state index contributed by atoms with van der Waals surface area (Å²) in [6, 6.07) is 8.54. The zero-order valence-electron chi connectivity index (χ0n) is 13.5. The van der Waals surface area contributed by atoms with Gasteiger partial charge < -0.3 is 0 Å². The Balaban J connectivity index is 1.77. The van der Waals surface area contributed by atoms with E-state index < -0.39 is 0 Å². The lowest BCUT2D eigenvalue weighted by Crippen LogP contribution is -2.21. The van der Waals surface area contributed by atoms with Crippen molar-refractivity contribution in [2.24, 2.45) is 0 Å². The van der Waals surface area contributed by atoms with Crippen LogP contribution in [0.4, 0.5) is 0 Å². The fourth-order valence-electron chi connectivity index (χ4n) is 3.09. The van der Waals surface area contributed by atoms with Gasteiger partial charge in [-0.1, -0.05) is 48.0 Å². The van der Waals surface area contributed by atoms with Gasteiger partial charge in [-0.2, -0.15) is 0 Å². The van der Waals surface area contributed by atoms with Crippen LogP contribution < -0.4 is 0 Å². The summed E-state index contributed by atoms with van der Waals surface area (Å²) in [6.07, 6.45) is 5.45. The summed E-state index contributed by atoms with van der Waals surface area (Å²) in [4.78, 5) is 22.1. The van der Waals surface area contributed by atoms with Crippen LogP contribution in [0, 0.1) is 6.92 Å². The van der Waals surface area contributed by atoms with Crippen molar-refractivity contribution in [2.45, 2.75) is 42.9 Å². The summed E-state index contributed by atoms with van der Waals surface area (Å²) in [7, 11) is 0. The van der Waals surface area contributed by atoms with Crippen molar-refractivity contribution in [1.29, 1.82) is 0 Å². The first-order chi connectivity index (χ1) is 11.7. The Morgan fingerprint density at radius 2 is 2.00 bits per heavy atom. The molecule has 0 saturated heterocycles. The van der Waals surface area contributed by atoms with E-state index >= 15 is 0 Å². The number of benzene rings is 1. The molecule has 5 heteroatoms. The fraction of sp³-hybridized carbons (Fsp3) is 0.316. The first-order valence-electron chi connectivity index (χ1n) is 8.21. The topological polar surface area (TPSA) is 42.9 Å². The summed E-state index contributed by atoms with van der Waals surface area (Å²) in [6.45, 7) is 2.09. The monoisotopic (exact) mass is 354 g/mol. The molecule has 2 aromatic heterocycles. The largest absolute Gasteiger partial charge is 0.298 e. The first kappa shape index (κ1) is 15.8. The Morgan fingerprint density at radius 1 is 1.17 bits per heavy atom. The van der Waals surface area contributed by atoms with Crippen molar-refractivity contribution in [3.05, 3.63) is 41.5 Å². The highest BCUT2D eigenvalue weighted by Gasteiger charge is 2.25. The van der Waals surface area contributed by atoms with Crippen LogP contribution >= 0.6 is 23.1 Å². The first-order valence-corrected chi connectivity index (χ1v) is 9.97. The van der Waals surface area contributed by atoms with Gasteiger partial charge in [-0.3, -0.25) is 4.79 Å². The average molecular weight is 355 g/mol. The standard InChI is InChI=1S/C19H18N2OS2/c1-12-6-8-13(9-7-12)14-10-23-18-17(14)19(21-11-20-18)24-16-5-3-2-4-15(16)22/h6-11,16H,2-5H2,1H3/t16-/m0/s1. The van der Waals surface area contributed by atoms with Crippen molar-refractivity contribution in [1.82, 2.24) is 9.97 Å². The number of hydrogen-bond acceptors (Lipinski definition) is 5. The highest BCUT2D eigenvalue weighted by Crippen LogP contribution is 2.40. The number of ketones is 1. The molecule has 3 aromatic rings. The zero-order chi connectivity index (χ0) is 16.5. The quantitative estimate of drug-likeness (QED) is 0.601. The van der Waals surface area contributed by atoms with Crippen LogP contribution in [-0.2, 0) is 4.79 Å². The van der Waals surface area contributed by atoms with E-state index in [1.807, 2.05) is 0 Å². The number of aryl methyl sites for hydroxylation is 1. The summed E-state index contributed by atoms with van der Waals surface area (Å²) in [5.41, 5.74) is 3.59. The number of carbonyl (C=O) groups excluding carboxylic acids is 1. The second-order valence-corrected chi connectivity index (χ2v) is 8.24. The van der Waals surface area contributed by atoms with Crippen LogP contribution in [0.2, 0.25) is 0 Å². The predicted molar refractivity (Wildman–Crippen MR) is 101 cm³/mol. The summed E-state index contributed by atoms with van der Waals surface area (Å²) in [5, 5.41) is 4.23. The van der Waals surface area contributed by atoms with E-state index in [1.54, 1.807) is 29.4 Å². The normalized spacial score (nSPS) is 18.2. The number of carbonyl (C=O) groups is 1. The molecule has 4 rings (SSSR count). The third kappa shape index (κ3) is 2.98. The molecule has 0 bridgehead atoms. The van der Waals surface area contributed by atoms with E-state index in [2.05, 4.69) is 46.5 Å². The SMILES string of the molecule is Cc1ccc(-c2csc3ncnc(S[C@H]4CCCCC4=O)c23)cc1. The van der Waals surface area contributed by atoms with Gasteiger partial charge in [0, 0.05) is 17.4 Å². The molecule has 24 heavy (non-hydrogen) atoms. The van der Waals surface area contributed by atoms with Crippen LogP contribution in [0.15, 0.2) is 41.0 Å². The molecule has 1 fully saturated rings. The zero-order valence-corrected chi connectivity index (χ0v) is 15.1. The van der Waals surface area contributed by atoms with Crippen molar-refractivity contribution >= 4 is 39.1 Å². The predicted octanol–water partition coefficient (Wildman–Crippen LogP) is 5.27. The Hall–Kier alpha value is -1.72. The van der Waals surface area contributed by atoms with Gasteiger partial charge >= 0.3 is 0 Å². The third-order valence-electron chi connectivity index (χ3n) is 4.45. The van der Waals surface area contributed by atoms with Crippen molar-refractivity contribution in [3.63, 3.8) is 0 Å². The second kappa shape index (κ2) is 6.65. The van der Waals surface area contributed by atoms with Gasteiger partial charge in [-0.05, 0) is 25.3 Å². The molecule has 122 valence electrons. The molecule has 2 heterocycles.